The Morgan fingerprint density at radius 2 is 1.65 bits per heavy atom. The predicted octanol–water partition coefficient (Wildman–Crippen LogP) is 7.27. The first kappa shape index (κ1) is 30.8. The van der Waals surface area contributed by atoms with Crippen molar-refractivity contribution < 1.29 is 14.4 Å². The number of aromatic amines is 1. The van der Waals surface area contributed by atoms with Gasteiger partial charge < -0.3 is 15.2 Å². The minimum atomic E-state index is -0.468. The summed E-state index contributed by atoms with van der Waals surface area (Å²) in [6.07, 6.45) is 4.07. The molecule has 1 aliphatic rings. The largest absolute Gasteiger partial charge is 0.360 e. The number of likely N-dealkylation sites (tertiary alicyclic amines) is 1. The molecule has 5 aromatic rings. The minimum Gasteiger partial charge on any atom is -0.360 e. The van der Waals surface area contributed by atoms with Crippen LogP contribution >= 0.6 is 0 Å². The van der Waals surface area contributed by atoms with Gasteiger partial charge in [0.2, 0.25) is 0 Å². The van der Waals surface area contributed by atoms with Gasteiger partial charge in [-0.1, -0.05) is 68.8 Å². The summed E-state index contributed by atoms with van der Waals surface area (Å²) < 4.78 is 1.77. The second-order valence-corrected chi connectivity index (χ2v) is 13.2. The summed E-state index contributed by atoms with van der Waals surface area (Å²) in [7, 11) is 0. The second kappa shape index (κ2) is 12.7. The van der Waals surface area contributed by atoms with Crippen LogP contribution in [0.2, 0.25) is 0 Å². The Bertz CT molecular complexity index is 1890. The predicted molar refractivity (Wildman–Crippen MR) is 182 cm³/mol. The maximum absolute atomic E-state index is 13.2. The number of benzene rings is 3. The summed E-state index contributed by atoms with van der Waals surface area (Å²) in [6.45, 7) is 9.41. The summed E-state index contributed by atoms with van der Waals surface area (Å²) >= 11 is 0. The molecule has 0 bridgehead atoms. The van der Waals surface area contributed by atoms with Gasteiger partial charge in [0.15, 0.2) is 0 Å². The van der Waals surface area contributed by atoms with Crippen molar-refractivity contribution in [3.05, 3.63) is 107 Å². The molecule has 1 saturated heterocycles. The fourth-order valence-electron chi connectivity index (χ4n) is 5.97. The van der Waals surface area contributed by atoms with E-state index in [0.717, 1.165) is 52.7 Å². The highest BCUT2D eigenvalue weighted by molar-refractivity contribution is 6.44. The Morgan fingerprint density at radius 1 is 0.913 bits per heavy atom. The normalized spacial score (nSPS) is 14.0. The monoisotopic (exact) mass is 616 g/mol. The Morgan fingerprint density at radius 3 is 2.39 bits per heavy atom. The average Bonchev–Trinajstić information content (AvgIpc) is 3.66. The number of hydrogen-bond donors (Lipinski definition) is 3. The van der Waals surface area contributed by atoms with E-state index in [0.29, 0.717) is 36.1 Å². The van der Waals surface area contributed by atoms with Gasteiger partial charge in [0.25, 0.3) is 11.7 Å². The second-order valence-electron chi connectivity index (χ2n) is 13.2. The van der Waals surface area contributed by atoms with Gasteiger partial charge >= 0.3 is 6.03 Å². The van der Waals surface area contributed by atoms with Crippen molar-refractivity contribution in [2.75, 3.05) is 23.7 Å². The van der Waals surface area contributed by atoms with Gasteiger partial charge in [-0.25, -0.2) is 9.48 Å². The van der Waals surface area contributed by atoms with Crippen molar-refractivity contribution in [1.82, 2.24) is 19.7 Å². The molecule has 46 heavy (non-hydrogen) atoms. The number of hydrogen-bond acceptors (Lipinski definition) is 4. The van der Waals surface area contributed by atoms with E-state index in [9.17, 15) is 14.4 Å². The number of carbonyl (C=O) groups is 3. The van der Waals surface area contributed by atoms with Crippen LogP contribution in [0.25, 0.3) is 16.6 Å². The smallest absolute Gasteiger partial charge is 0.324 e. The quantitative estimate of drug-likeness (QED) is 0.132. The number of Topliss-reactive ketones (excluding diaryl/α,β-unsaturated/α-hetero) is 1. The lowest BCUT2D eigenvalue weighted by Gasteiger charge is -2.31. The average molecular weight is 617 g/mol. The topological polar surface area (TPSA) is 112 Å². The number of piperidine rings is 1. The number of rotatable bonds is 7. The number of nitrogens with zero attached hydrogens (tertiary/aromatic N) is 3. The Kier molecular flexibility index (Phi) is 8.49. The van der Waals surface area contributed by atoms with Crippen molar-refractivity contribution in [1.29, 1.82) is 0 Å². The van der Waals surface area contributed by atoms with Crippen LogP contribution < -0.4 is 10.6 Å². The fraction of sp³-hybridized carbons (Fsp3) is 0.297. The molecule has 3 amide bonds. The Labute approximate surface area is 269 Å². The van der Waals surface area contributed by atoms with Crippen molar-refractivity contribution >= 4 is 40.1 Å². The number of ketones is 1. The number of aryl methyl sites for hydroxylation is 1. The molecule has 3 aromatic carbocycles. The van der Waals surface area contributed by atoms with Gasteiger partial charge in [0, 0.05) is 47.4 Å². The molecule has 0 aliphatic carbocycles. The molecule has 2 aromatic heterocycles. The summed E-state index contributed by atoms with van der Waals surface area (Å²) in [5, 5.41) is 11.5. The molecule has 0 unspecified atom stereocenters. The molecule has 0 atom stereocenters. The van der Waals surface area contributed by atoms with Crippen molar-refractivity contribution in [2.45, 2.75) is 52.4 Å². The fourth-order valence-corrected chi connectivity index (χ4v) is 5.97. The third kappa shape index (κ3) is 6.73. The molecule has 0 spiro atoms. The van der Waals surface area contributed by atoms with Gasteiger partial charge in [0.1, 0.15) is 5.82 Å². The molecule has 9 nitrogen and oxygen atoms in total. The van der Waals surface area contributed by atoms with Crippen LogP contribution in [0.15, 0.2) is 85.1 Å². The number of fused-ring (bicyclic) bond motifs is 1. The summed E-state index contributed by atoms with van der Waals surface area (Å²) in [5.74, 6) is 0.0474. The van der Waals surface area contributed by atoms with E-state index < -0.39 is 11.7 Å². The summed E-state index contributed by atoms with van der Waals surface area (Å²) in [5.41, 5.74) is 5.78. The number of aromatic nitrogens is 3. The lowest BCUT2D eigenvalue weighted by Crippen LogP contribution is -2.42. The first-order valence-corrected chi connectivity index (χ1v) is 15.8. The zero-order chi connectivity index (χ0) is 32.4. The van der Waals surface area contributed by atoms with Gasteiger partial charge in [-0.2, -0.15) is 5.10 Å². The van der Waals surface area contributed by atoms with Crippen LogP contribution in [0.5, 0.6) is 0 Å². The van der Waals surface area contributed by atoms with Crippen molar-refractivity contribution in [2.24, 2.45) is 5.92 Å². The van der Waals surface area contributed by atoms with Gasteiger partial charge in [-0.3, -0.25) is 14.9 Å². The van der Waals surface area contributed by atoms with Crippen LogP contribution in [-0.2, 0) is 16.6 Å². The number of carbonyl (C=O) groups excluding carboxylic acids is 3. The first-order valence-electron chi connectivity index (χ1n) is 15.8. The number of nitrogens with one attached hydrogen (secondary N) is 3. The Balaban J connectivity index is 1.06. The molecule has 3 N–H and O–H groups in total. The van der Waals surface area contributed by atoms with E-state index in [1.807, 2.05) is 79.7 Å². The maximum Gasteiger partial charge on any atom is 0.324 e. The van der Waals surface area contributed by atoms with E-state index in [2.05, 4.69) is 42.5 Å². The van der Waals surface area contributed by atoms with Gasteiger partial charge in [-0.05, 0) is 68.0 Å². The first-order chi connectivity index (χ1) is 22.0. The van der Waals surface area contributed by atoms with E-state index in [1.165, 1.54) is 0 Å². The number of amides is 3. The summed E-state index contributed by atoms with van der Waals surface area (Å²) in [6, 6.07) is 25.0. The highest BCUT2D eigenvalue weighted by Gasteiger charge is 2.29. The Hall–Kier alpha value is -5.18. The highest BCUT2D eigenvalue weighted by atomic mass is 16.2. The number of H-pyrrole nitrogens is 1. The molecule has 0 radical (unpaired) electrons. The third-order valence-corrected chi connectivity index (χ3v) is 8.64. The van der Waals surface area contributed by atoms with Crippen LogP contribution in [-0.4, -0.2) is 50.5 Å². The molecular weight excluding hydrogens is 576 g/mol. The van der Waals surface area contributed by atoms with E-state index in [1.54, 1.807) is 15.8 Å². The van der Waals surface area contributed by atoms with E-state index in [-0.39, 0.29) is 11.4 Å². The zero-order valence-electron chi connectivity index (χ0n) is 26.8. The standard InChI is InChI=1S/C37H40N6O3/c1-24-12-14-28(15-13-24)43-33(22-32(41-43)37(2,3)4)40-36(46)39-27-9-7-8-26(21-27)20-25-16-18-42(19-17-25)35(45)34(44)30-23-38-31-11-6-5-10-29(30)31/h5-15,21-23,25,38H,16-20H2,1-4H3,(H2,39,40,46). The molecule has 3 heterocycles. The molecule has 1 fully saturated rings. The minimum absolute atomic E-state index is 0.187. The summed E-state index contributed by atoms with van der Waals surface area (Å²) in [4.78, 5) is 44.0. The molecule has 0 saturated carbocycles. The van der Waals surface area contributed by atoms with Gasteiger partial charge in [0.05, 0.1) is 16.9 Å². The van der Waals surface area contributed by atoms with Crippen LogP contribution in [0, 0.1) is 12.8 Å². The molecule has 1 aliphatic heterocycles. The third-order valence-electron chi connectivity index (χ3n) is 8.64. The van der Waals surface area contributed by atoms with Crippen molar-refractivity contribution in [3.63, 3.8) is 0 Å². The van der Waals surface area contributed by atoms with Gasteiger partial charge in [-0.15, -0.1) is 0 Å². The van der Waals surface area contributed by atoms with Crippen molar-refractivity contribution in [3.8, 4) is 5.69 Å². The maximum atomic E-state index is 13.2. The SMILES string of the molecule is Cc1ccc(-n2nc(C(C)(C)C)cc2NC(=O)Nc2cccc(CC3CCN(C(=O)C(=O)c4c[nH]c5ccccc45)CC3)c2)cc1. The highest BCUT2D eigenvalue weighted by Crippen LogP contribution is 2.28. The molecule has 9 heteroatoms. The van der Waals surface area contributed by atoms with Crippen LogP contribution in [0.1, 0.15) is 60.8 Å². The molecular formula is C37H40N6O3. The van der Waals surface area contributed by atoms with Crippen LogP contribution in [0.3, 0.4) is 0 Å². The van der Waals surface area contributed by atoms with E-state index in [4.69, 9.17) is 5.10 Å². The number of urea groups is 1. The molecule has 236 valence electrons. The number of anilines is 2. The molecule has 6 rings (SSSR count). The lowest BCUT2D eigenvalue weighted by molar-refractivity contribution is -0.127. The number of para-hydroxylation sites is 1. The van der Waals surface area contributed by atoms with Crippen LogP contribution in [0.4, 0.5) is 16.3 Å². The zero-order valence-corrected chi connectivity index (χ0v) is 26.8. The lowest BCUT2D eigenvalue weighted by atomic mass is 9.89. The van der Waals surface area contributed by atoms with E-state index >= 15 is 0 Å².